The van der Waals surface area contributed by atoms with Crippen molar-refractivity contribution in [2.45, 2.75) is 30.6 Å². The smallest absolute Gasteiger partial charge is 0.192 e. The molecule has 1 aromatic heterocycles. The molecule has 3 aliphatic rings. The molecule has 31 heavy (non-hydrogen) atoms. The normalized spacial score (nSPS) is 29.2. The van der Waals surface area contributed by atoms with Crippen molar-refractivity contribution in [3.05, 3.63) is 89.0 Å². The number of thiazole rings is 1. The minimum absolute atomic E-state index is 0.0894. The zero-order valence-corrected chi connectivity index (χ0v) is 17.9. The van der Waals surface area contributed by atoms with Crippen LogP contribution in [0.5, 0.6) is 5.75 Å². The Morgan fingerprint density at radius 1 is 1.03 bits per heavy atom. The predicted octanol–water partition coefficient (Wildman–Crippen LogP) is 6.15. The van der Waals surface area contributed by atoms with Gasteiger partial charge < -0.3 is 10.2 Å². The van der Waals surface area contributed by atoms with E-state index < -0.39 is 0 Å². The van der Waals surface area contributed by atoms with Crippen molar-refractivity contribution in [1.29, 1.82) is 0 Å². The molecule has 1 fully saturated rings. The third-order valence-corrected chi connectivity index (χ3v) is 9.38. The maximum atomic E-state index is 9.17. The standard InChI is InChI=1S/C26H22N2O2S/c1-25-19-13-26(25,14-27-24-28-23-20(30-29)11-6-12-21(23)31-24)18-10-5-4-9-17(18)22(25)16-8-3-2-7-15(16)19/h2-12,19,22,29H,13-14H2,1H3,(H,27,28). The third kappa shape index (κ3) is 1.97. The number of hydrogen-bond acceptors (Lipinski definition) is 5. The average molecular weight is 427 g/mol. The third-order valence-electron chi connectivity index (χ3n) is 8.40. The van der Waals surface area contributed by atoms with E-state index in [4.69, 9.17) is 4.98 Å². The van der Waals surface area contributed by atoms with Crippen LogP contribution < -0.4 is 10.2 Å². The summed E-state index contributed by atoms with van der Waals surface area (Å²) in [7, 11) is 0. The zero-order chi connectivity index (χ0) is 20.8. The summed E-state index contributed by atoms with van der Waals surface area (Å²) >= 11 is 1.61. The highest BCUT2D eigenvalue weighted by molar-refractivity contribution is 7.22. The summed E-state index contributed by atoms with van der Waals surface area (Å²) in [6, 6.07) is 23.7. The van der Waals surface area contributed by atoms with E-state index in [2.05, 4.69) is 65.7 Å². The first-order valence-corrected chi connectivity index (χ1v) is 11.6. The molecule has 0 spiro atoms. The van der Waals surface area contributed by atoms with Gasteiger partial charge in [-0.15, -0.1) is 0 Å². The lowest BCUT2D eigenvalue weighted by molar-refractivity contribution is -0.136. The topological polar surface area (TPSA) is 54.4 Å². The summed E-state index contributed by atoms with van der Waals surface area (Å²) in [5.74, 6) is 1.46. The van der Waals surface area contributed by atoms with Crippen LogP contribution in [-0.4, -0.2) is 16.8 Å². The van der Waals surface area contributed by atoms with Gasteiger partial charge in [0.2, 0.25) is 0 Å². The number of nitrogens with one attached hydrogen (secondary N) is 1. The fourth-order valence-electron chi connectivity index (χ4n) is 7.04. The Morgan fingerprint density at radius 2 is 1.81 bits per heavy atom. The van der Waals surface area contributed by atoms with E-state index in [0.29, 0.717) is 23.1 Å². The molecule has 154 valence electrons. The largest absolute Gasteiger partial charge is 0.361 e. The first-order valence-electron chi connectivity index (χ1n) is 10.8. The van der Waals surface area contributed by atoms with Crippen LogP contribution in [0.1, 0.15) is 47.4 Å². The molecule has 5 heteroatoms. The van der Waals surface area contributed by atoms with Crippen molar-refractivity contribution < 1.29 is 10.1 Å². The van der Waals surface area contributed by atoms with Gasteiger partial charge in [0.25, 0.3) is 0 Å². The number of aromatic nitrogens is 1. The van der Waals surface area contributed by atoms with Crippen molar-refractivity contribution in [2.24, 2.45) is 5.41 Å². The summed E-state index contributed by atoms with van der Waals surface area (Å²) in [5.41, 5.74) is 7.04. The Kier molecular flexibility index (Phi) is 3.36. The molecule has 0 saturated heterocycles. The van der Waals surface area contributed by atoms with E-state index in [0.717, 1.165) is 22.8 Å². The first kappa shape index (κ1) is 17.8. The highest BCUT2D eigenvalue weighted by Gasteiger charge is 2.74. The summed E-state index contributed by atoms with van der Waals surface area (Å²) in [5, 5.41) is 13.7. The van der Waals surface area contributed by atoms with Gasteiger partial charge in [-0.1, -0.05) is 72.9 Å². The van der Waals surface area contributed by atoms with E-state index in [-0.39, 0.29) is 10.8 Å². The molecular formula is C26H22N2O2S. The van der Waals surface area contributed by atoms with E-state index in [9.17, 15) is 5.26 Å². The lowest BCUT2D eigenvalue weighted by Gasteiger charge is -2.59. The van der Waals surface area contributed by atoms with Gasteiger partial charge in [-0.2, -0.15) is 0 Å². The molecule has 0 radical (unpaired) electrons. The van der Waals surface area contributed by atoms with E-state index >= 15 is 0 Å². The molecule has 0 bridgehead atoms. The molecule has 1 heterocycles. The number of anilines is 1. The molecule has 7 rings (SSSR count). The van der Waals surface area contributed by atoms with Crippen LogP contribution >= 0.6 is 11.3 Å². The predicted molar refractivity (Wildman–Crippen MR) is 123 cm³/mol. The fourth-order valence-corrected chi connectivity index (χ4v) is 7.92. The van der Waals surface area contributed by atoms with Gasteiger partial charge in [-0.05, 0) is 52.1 Å². The second-order valence-corrected chi connectivity index (χ2v) is 10.4. The summed E-state index contributed by atoms with van der Waals surface area (Å²) in [6.45, 7) is 3.36. The van der Waals surface area contributed by atoms with Crippen LogP contribution in [0.25, 0.3) is 10.2 Å². The van der Waals surface area contributed by atoms with Crippen LogP contribution in [-0.2, 0) is 5.41 Å². The SMILES string of the molecule is CC12C3CC1(CNc1nc4c(OO)cccc4s1)c1ccccc1C2c1ccccc13. The van der Waals surface area contributed by atoms with Crippen LogP contribution in [0.15, 0.2) is 66.7 Å². The number of rotatable bonds is 4. The summed E-state index contributed by atoms with van der Waals surface area (Å²) < 4.78 is 1.00. The molecule has 0 amide bonds. The molecule has 4 nitrogen and oxygen atoms in total. The summed E-state index contributed by atoms with van der Waals surface area (Å²) in [6.07, 6.45) is 1.16. The fraction of sp³-hybridized carbons (Fsp3) is 0.269. The van der Waals surface area contributed by atoms with E-state index in [1.165, 1.54) is 16.7 Å². The number of nitrogens with zero attached hydrogens (tertiary/aromatic N) is 1. The number of benzene rings is 3. The van der Waals surface area contributed by atoms with Gasteiger partial charge in [0.05, 0.1) is 4.70 Å². The van der Waals surface area contributed by atoms with E-state index in [1.54, 1.807) is 23.0 Å². The Labute approximate surface area is 184 Å². The number of fused-ring (bicyclic) bond motifs is 7. The molecule has 4 atom stereocenters. The van der Waals surface area contributed by atoms with Gasteiger partial charge >= 0.3 is 0 Å². The maximum Gasteiger partial charge on any atom is 0.192 e. The van der Waals surface area contributed by atoms with Crippen LogP contribution in [0.3, 0.4) is 0 Å². The molecule has 4 aromatic rings. The molecule has 3 aliphatic carbocycles. The molecule has 2 N–H and O–H groups in total. The maximum absolute atomic E-state index is 9.17. The second-order valence-electron chi connectivity index (χ2n) is 9.34. The minimum atomic E-state index is 0.0894. The Morgan fingerprint density at radius 3 is 2.65 bits per heavy atom. The first-order chi connectivity index (χ1) is 15.2. The van der Waals surface area contributed by atoms with Gasteiger partial charge in [0.15, 0.2) is 10.9 Å². The Hall–Kier alpha value is -2.89. The van der Waals surface area contributed by atoms with Crippen molar-refractivity contribution >= 4 is 26.7 Å². The highest BCUT2D eigenvalue weighted by atomic mass is 32.1. The molecule has 0 aliphatic heterocycles. The molecular weight excluding hydrogens is 404 g/mol. The van der Waals surface area contributed by atoms with Gasteiger partial charge in [0, 0.05) is 17.9 Å². The summed E-state index contributed by atoms with van der Waals surface area (Å²) in [4.78, 5) is 9.24. The van der Waals surface area contributed by atoms with Crippen LogP contribution in [0, 0.1) is 5.41 Å². The van der Waals surface area contributed by atoms with Crippen molar-refractivity contribution in [1.82, 2.24) is 4.98 Å². The van der Waals surface area contributed by atoms with E-state index in [1.807, 2.05) is 12.1 Å². The van der Waals surface area contributed by atoms with Crippen molar-refractivity contribution in [3.8, 4) is 5.75 Å². The van der Waals surface area contributed by atoms with Gasteiger partial charge in [0.1, 0.15) is 5.52 Å². The van der Waals surface area contributed by atoms with Gasteiger partial charge in [-0.25, -0.2) is 10.2 Å². The monoisotopic (exact) mass is 426 g/mol. The van der Waals surface area contributed by atoms with Crippen LogP contribution in [0.4, 0.5) is 5.13 Å². The quantitative estimate of drug-likeness (QED) is 0.303. The Bertz CT molecular complexity index is 1360. The lowest BCUT2D eigenvalue weighted by atomic mass is 9.44. The molecule has 3 aromatic carbocycles. The van der Waals surface area contributed by atoms with Crippen LogP contribution in [0.2, 0.25) is 0 Å². The Balaban J connectivity index is 1.31. The van der Waals surface area contributed by atoms with Crippen molar-refractivity contribution in [3.63, 3.8) is 0 Å². The number of hydrogen-bond donors (Lipinski definition) is 2. The molecule has 4 unspecified atom stereocenters. The lowest BCUT2D eigenvalue weighted by Crippen LogP contribution is -2.58. The van der Waals surface area contributed by atoms with Crippen molar-refractivity contribution in [2.75, 3.05) is 11.9 Å². The average Bonchev–Trinajstić information content (AvgIpc) is 3.34. The highest BCUT2D eigenvalue weighted by Crippen LogP contribution is 2.80. The van der Waals surface area contributed by atoms with Gasteiger partial charge in [-0.3, -0.25) is 0 Å². The number of para-hydroxylation sites is 1. The second kappa shape index (κ2) is 5.87. The minimum Gasteiger partial charge on any atom is -0.361 e. The molecule has 1 saturated carbocycles. The zero-order valence-electron chi connectivity index (χ0n) is 17.1.